The maximum atomic E-state index is 13.3. The van der Waals surface area contributed by atoms with Gasteiger partial charge in [-0.25, -0.2) is 5.48 Å². The Labute approximate surface area is 173 Å². The summed E-state index contributed by atoms with van der Waals surface area (Å²) in [4.78, 5) is 38.1. The van der Waals surface area contributed by atoms with Gasteiger partial charge < -0.3 is 10.6 Å². The summed E-state index contributed by atoms with van der Waals surface area (Å²) in [5.41, 5.74) is 2.10. The van der Waals surface area contributed by atoms with Crippen molar-refractivity contribution in [2.24, 2.45) is 23.2 Å². The molecule has 0 spiro atoms. The molecule has 0 radical (unpaired) electrons. The maximum absolute atomic E-state index is 13.3. The van der Waals surface area contributed by atoms with Crippen molar-refractivity contribution in [3.05, 3.63) is 35.9 Å². The third-order valence-corrected chi connectivity index (χ3v) is 4.95. The molecule has 0 fully saturated rings. The molecule has 0 aromatic heterocycles. The molecular weight excluding hydrogens is 370 g/mol. The highest BCUT2D eigenvalue weighted by molar-refractivity contribution is 5.91. The highest BCUT2D eigenvalue weighted by Crippen LogP contribution is 2.27. The number of benzene rings is 1. The molecule has 0 heterocycles. The molecule has 0 aliphatic rings. The molecule has 0 aliphatic carbocycles. The first-order chi connectivity index (χ1) is 13.5. The predicted octanol–water partition coefficient (Wildman–Crippen LogP) is 2.29. The molecule has 1 aromatic rings. The molecule has 0 saturated heterocycles. The lowest BCUT2D eigenvalue weighted by molar-refractivity contribution is -0.142. The van der Waals surface area contributed by atoms with Crippen molar-refractivity contribution in [1.82, 2.24) is 16.1 Å². The number of hydrogen-bond acceptors (Lipinski definition) is 4. The molecule has 4 N–H and O–H groups in total. The topological polar surface area (TPSA) is 108 Å². The van der Waals surface area contributed by atoms with Crippen LogP contribution in [0.15, 0.2) is 30.3 Å². The Hall–Kier alpha value is -2.41. The van der Waals surface area contributed by atoms with Crippen LogP contribution >= 0.6 is 0 Å². The molecule has 0 unspecified atom stereocenters. The van der Waals surface area contributed by atoms with Crippen molar-refractivity contribution in [3.63, 3.8) is 0 Å². The fourth-order valence-electron chi connectivity index (χ4n) is 3.40. The van der Waals surface area contributed by atoms with Gasteiger partial charge in [-0.3, -0.25) is 19.6 Å². The minimum Gasteiger partial charge on any atom is -0.357 e. The Kier molecular flexibility index (Phi) is 9.30. The maximum Gasteiger partial charge on any atom is 0.247 e. The van der Waals surface area contributed by atoms with Gasteiger partial charge in [-0.15, -0.1) is 0 Å². The standard InChI is InChI=1S/C22H35N3O4/c1-14(2)12-16(19(26)24-18(21(28)23-6)22(3,4)5)17(20(27)25-29)13-15-10-8-7-9-11-15/h7-11,14,16-18,29H,12-13H2,1-6H3,(H,23,28)(H,24,26)(H,25,27)/t16-,17+,18-/m1/s1. The average Bonchev–Trinajstić information content (AvgIpc) is 2.67. The number of hydrogen-bond donors (Lipinski definition) is 4. The van der Waals surface area contributed by atoms with Gasteiger partial charge in [-0.2, -0.15) is 0 Å². The molecule has 7 nitrogen and oxygen atoms in total. The van der Waals surface area contributed by atoms with Crippen LogP contribution in [0.1, 0.15) is 46.6 Å². The van der Waals surface area contributed by atoms with E-state index in [0.717, 1.165) is 5.56 Å². The van der Waals surface area contributed by atoms with Gasteiger partial charge in [0, 0.05) is 7.05 Å². The van der Waals surface area contributed by atoms with Crippen LogP contribution in [0.5, 0.6) is 0 Å². The summed E-state index contributed by atoms with van der Waals surface area (Å²) >= 11 is 0. The van der Waals surface area contributed by atoms with Crippen molar-refractivity contribution in [2.45, 2.75) is 53.5 Å². The van der Waals surface area contributed by atoms with E-state index in [2.05, 4.69) is 10.6 Å². The zero-order valence-electron chi connectivity index (χ0n) is 18.3. The first-order valence-electron chi connectivity index (χ1n) is 10.0. The van der Waals surface area contributed by atoms with Crippen LogP contribution in [-0.2, 0) is 20.8 Å². The van der Waals surface area contributed by atoms with Gasteiger partial charge in [0.25, 0.3) is 0 Å². The summed E-state index contributed by atoms with van der Waals surface area (Å²) in [6, 6.07) is 8.61. The normalized spacial score (nSPS) is 14.6. The fourth-order valence-corrected chi connectivity index (χ4v) is 3.40. The minimum atomic E-state index is -0.768. The summed E-state index contributed by atoms with van der Waals surface area (Å²) in [7, 11) is 1.52. The lowest BCUT2D eigenvalue weighted by Crippen LogP contribution is -2.55. The number of nitrogens with one attached hydrogen (secondary N) is 3. The highest BCUT2D eigenvalue weighted by Gasteiger charge is 2.38. The van der Waals surface area contributed by atoms with Crippen LogP contribution in [0.4, 0.5) is 0 Å². The van der Waals surface area contributed by atoms with Gasteiger partial charge in [0.1, 0.15) is 6.04 Å². The third-order valence-electron chi connectivity index (χ3n) is 4.95. The number of amides is 3. The van der Waals surface area contributed by atoms with E-state index in [1.165, 1.54) is 7.05 Å². The quantitative estimate of drug-likeness (QED) is 0.373. The zero-order valence-corrected chi connectivity index (χ0v) is 18.3. The number of rotatable bonds is 9. The van der Waals surface area contributed by atoms with Crippen LogP contribution in [-0.4, -0.2) is 36.0 Å². The summed E-state index contributed by atoms with van der Waals surface area (Å²) < 4.78 is 0. The predicted molar refractivity (Wildman–Crippen MR) is 112 cm³/mol. The Balaban J connectivity index is 3.22. The second-order valence-corrected chi connectivity index (χ2v) is 8.93. The van der Waals surface area contributed by atoms with E-state index in [9.17, 15) is 19.6 Å². The molecule has 162 valence electrons. The number of carbonyl (C=O) groups is 3. The first kappa shape index (κ1) is 24.6. The zero-order chi connectivity index (χ0) is 22.2. The second kappa shape index (κ2) is 11.0. The van der Waals surface area contributed by atoms with Crippen molar-refractivity contribution in [3.8, 4) is 0 Å². The van der Waals surface area contributed by atoms with Crippen LogP contribution in [0, 0.1) is 23.2 Å². The summed E-state index contributed by atoms with van der Waals surface area (Å²) in [6.45, 7) is 9.54. The SMILES string of the molecule is CNC(=O)[C@@H](NC(=O)[C@H](CC(C)C)[C@H](Cc1ccccc1)C(=O)NO)C(C)(C)C. The molecule has 1 aromatic carbocycles. The molecule has 3 atom stereocenters. The molecule has 29 heavy (non-hydrogen) atoms. The largest absolute Gasteiger partial charge is 0.357 e. The monoisotopic (exact) mass is 405 g/mol. The summed E-state index contributed by atoms with van der Waals surface area (Å²) in [5, 5.41) is 14.7. The Morgan fingerprint density at radius 1 is 0.966 bits per heavy atom. The third kappa shape index (κ3) is 7.49. The highest BCUT2D eigenvalue weighted by atomic mass is 16.5. The van der Waals surface area contributed by atoms with Gasteiger partial charge in [-0.1, -0.05) is 65.0 Å². The van der Waals surface area contributed by atoms with Crippen molar-refractivity contribution in [2.75, 3.05) is 7.05 Å². The molecule has 1 rings (SSSR count). The second-order valence-electron chi connectivity index (χ2n) is 8.93. The van der Waals surface area contributed by atoms with E-state index in [4.69, 9.17) is 0 Å². The molecule has 0 saturated carbocycles. The van der Waals surface area contributed by atoms with Crippen LogP contribution in [0.3, 0.4) is 0 Å². The van der Waals surface area contributed by atoms with Gasteiger partial charge in [0.05, 0.1) is 11.8 Å². The molecule has 3 amide bonds. The number of likely N-dealkylation sites (N-methyl/N-ethyl adjacent to an activating group) is 1. The van der Waals surface area contributed by atoms with Crippen molar-refractivity contribution < 1.29 is 19.6 Å². The van der Waals surface area contributed by atoms with Crippen LogP contribution < -0.4 is 16.1 Å². The van der Waals surface area contributed by atoms with Gasteiger partial charge in [0.2, 0.25) is 17.7 Å². The minimum absolute atomic E-state index is 0.142. The first-order valence-corrected chi connectivity index (χ1v) is 10.0. The van der Waals surface area contributed by atoms with Crippen LogP contribution in [0.25, 0.3) is 0 Å². The summed E-state index contributed by atoms with van der Waals surface area (Å²) in [5.74, 6) is -2.59. The molecular formula is C22H35N3O4. The lowest BCUT2D eigenvalue weighted by atomic mass is 9.79. The van der Waals surface area contributed by atoms with E-state index < -0.39 is 29.2 Å². The smallest absolute Gasteiger partial charge is 0.247 e. The number of hydroxylamine groups is 1. The average molecular weight is 406 g/mol. The van der Waals surface area contributed by atoms with Crippen molar-refractivity contribution >= 4 is 17.7 Å². The van der Waals surface area contributed by atoms with Gasteiger partial charge in [0.15, 0.2) is 0 Å². The summed E-state index contributed by atoms with van der Waals surface area (Å²) in [6.07, 6.45) is 0.750. The Morgan fingerprint density at radius 2 is 1.55 bits per heavy atom. The Bertz CT molecular complexity index is 683. The van der Waals surface area contributed by atoms with E-state index >= 15 is 0 Å². The van der Waals surface area contributed by atoms with Gasteiger partial charge >= 0.3 is 0 Å². The molecule has 7 heteroatoms. The molecule has 0 aliphatic heterocycles. The van der Waals surface area contributed by atoms with E-state index in [1.807, 2.05) is 65.0 Å². The lowest BCUT2D eigenvalue weighted by Gasteiger charge is -2.33. The van der Waals surface area contributed by atoms with Crippen LogP contribution in [0.2, 0.25) is 0 Å². The van der Waals surface area contributed by atoms with E-state index in [-0.39, 0.29) is 17.7 Å². The van der Waals surface area contributed by atoms with E-state index in [0.29, 0.717) is 12.8 Å². The number of carbonyl (C=O) groups excluding carboxylic acids is 3. The fraction of sp³-hybridized carbons (Fsp3) is 0.591. The van der Waals surface area contributed by atoms with Gasteiger partial charge in [-0.05, 0) is 29.7 Å². The van der Waals surface area contributed by atoms with Crippen molar-refractivity contribution in [1.29, 1.82) is 0 Å². The molecule has 0 bridgehead atoms. The van der Waals surface area contributed by atoms with E-state index in [1.54, 1.807) is 5.48 Å². The Morgan fingerprint density at radius 3 is 2.00 bits per heavy atom.